The van der Waals surface area contributed by atoms with Gasteiger partial charge in [-0.25, -0.2) is 9.97 Å². The van der Waals surface area contributed by atoms with Crippen molar-refractivity contribution in [2.75, 3.05) is 0 Å². The molecule has 1 aliphatic rings. The van der Waals surface area contributed by atoms with Gasteiger partial charge in [-0.1, -0.05) is 24.3 Å². The van der Waals surface area contributed by atoms with Crippen LogP contribution >= 0.6 is 0 Å². The average molecular weight is 382 g/mol. The summed E-state index contributed by atoms with van der Waals surface area (Å²) in [5, 5.41) is 5.41. The molecule has 1 aliphatic carbocycles. The number of aryl methyl sites for hydroxylation is 2. The van der Waals surface area contributed by atoms with Crippen molar-refractivity contribution in [2.45, 2.75) is 32.1 Å². The normalized spacial score (nSPS) is 17.7. The molecule has 0 saturated heterocycles. The van der Waals surface area contributed by atoms with E-state index >= 15 is 0 Å². The number of hydrogen-bond acceptors (Lipinski definition) is 4. The first-order valence-corrected chi connectivity index (χ1v) is 9.75. The van der Waals surface area contributed by atoms with Gasteiger partial charge in [0.25, 0.3) is 0 Å². The van der Waals surface area contributed by atoms with Gasteiger partial charge in [-0.15, -0.1) is 0 Å². The zero-order chi connectivity index (χ0) is 20.3. The number of carbonyl (C=O) groups is 1. The van der Waals surface area contributed by atoms with Crippen molar-refractivity contribution >= 4 is 16.7 Å². The fraction of sp³-hybridized carbons (Fsp3) is 0.250. The van der Waals surface area contributed by atoms with Crippen molar-refractivity contribution in [3.63, 3.8) is 0 Å². The highest BCUT2D eigenvalue weighted by Crippen LogP contribution is 2.47. The highest BCUT2D eigenvalue weighted by atomic mass is 16.1. The molecule has 1 atom stereocenters. The fourth-order valence-electron chi connectivity index (χ4n) is 4.40. The van der Waals surface area contributed by atoms with Gasteiger partial charge in [0.15, 0.2) is 5.78 Å². The van der Waals surface area contributed by atoms with E-state index in [0.29, 0.717) is 0 Å². The fourth-order valence-corrected chi connectivity index (χ4v) is 4.40. The van der Waals surface area contributed by atoms with Crippen molar-refractivity contribution < 1.29 is 4.79 Å². The molecule has 5 rings (SSSR count). The lowest BCUT2D eigenvalue weighted by atomic mass is 9.83. The molecule has 2 aromatic heterocycles. The number of rotatable bonds is 2. The van der Waals surface area contributed by atoms with Crippen LogP contribution in [0.2, 0.25) is 0 Å². The second-order valence-electron chi connectivity index (χ2n) is 8.33. The predicted molar refractivity (Wildman–Crippen MR) is 113 cm³/mol. The van der Waals surface area contributed by atoms with Crippen LogP contribution in [0.1, 0.15) is 42.3 Å². The Morgan fingerprint density at radius 3 is 2.48 bits per heavy atom. The summed E-state index contributed by atoms with van der Waals surface area (Å²) in [5.74, 6) is 0.686. The molecule has 0 spiro atoms. The standard InChI is InChI=1S/C24H22N4O/c1-14-25-11-18(12-26-14)15-7-8-20-19(9-15)22(23(29)24(20,2)3)16-5-6-17-13-27-28(4)21(17)10-16/h5-13,22H,1-4H3. The Morgan fingerprint density at radius 1 is 0.966 bits per heavy atom. The van der Waals surface area contributed by atoms with Gasteiger partial charge in [-0.3, -0.25) is 9.48 Å². The second kappa shape index (κ2) is 6.08. The molecule has 0 N–H and O–H groups in total. The second-order valence-corrected chi connectivity index (χ2v) is 8.33. The maximum atomic E-state index is 13.5. The van der Waals surface area contributed by atoms with Crippen LogP contribution in [0.5, 0.6) is 0 Å². The highest BCUT2D eigenvalue weighted by Gasteiger charge is 2.46. The molecule has 29 heavy (non-hydrogen) atoms. The maximum Gasteiger partial charge on any atom is 0.154 e. The lowest BCUT2D eigenvalue weighted by Gasteiger charge is -2.18. The van der Waals surface area contributed by atoms with Gasteiger partial charge in [0.05, 0.1) is 17.6 Å². The minimum atomic E-state index is -0.524. The van der Waals surface area contributed by atoms with Gasteiger partial charge in [-0.2, -0.15) is 5.10 Å². The van der Waals surface area contributed by atoms with Crippen molar-refractivity contribution in [1.82, 2.24) is 19.7 Å². The van der Waals surface area contributed by atoms with Crippen molar-refractivity contribution in [3.05, 3.63) is 77.5 Å². The first-order valence-electron chi connectivity index (χ1n) is 9.75. The van der Waals surface area contributed by atoms with Crippen LogP contribution in [0.25, 0.3) is 22.0 Å². The van der Waals surface area contributed by atoms with Gasteiger partial charge in [0.1, 0.15) is 5.82 Å². The van der Waals surface area contributed by atoms with Gasteiger partial charge >= 0.3 is 0 Å². The van der Waals surface area contributed by atoms with E-state index in [4.69, 9.17) is 0 Å². The molecule has 0 bridgehead atoms. The van der Waals surface area contributed by atoms with E-state index < -0.39 is 5.41 Å². The molecule has 4 aromatic rings. The number of nitrogens with zero attached hydrogens (tertiary/aromatic N) is 4. The first-order chi connectivity index (χ1) is 13.9. The highest BCUT2D eigenvalue weighted by molar-refractivity contribution is 6.03. The summed E-state index contributed by atoms with van der Waals surface area (Å²) in [7, 11) is 1.93. The first kappa shape index (κ1) is 17.7. The third kappa shape index (κ3) is 2.61. The lowest BCUT2D eigenvalue weighted by Crippen LogP contribution is -2.26. The molecular formula is C24H22N4O. The summed E-state index contributed by atoms with van der Waals surface area (Å²) in [6.07, 6.45) is 5.52. The largest absolute Gasteiger partial charge is 0.298 e. The van der Waals surface area contributed by atoms with E-state index in [2.05, 4.69) is 45.4 Å². The molecular weight excluding hydrogens is 360 g/mol. The summed E-state index contributed by atoms with van der Waals surface area (Å²) >= 11 is 0. The molecule has 0 radical (unpaired) electrons. The van der Waals surface area contributed by atoms with E-state index in [-0.39, 0.29) is 11.7 Å². The Hall–Kier alpha value is -3.34. The van der Waals surface area contributed by atoms with Crippen molar-refractivity contribution in [3.8, 4) is 11.1 Å². The lowest BCUT2D eigenvalue weighted by molar-refractivity contribution is -0.122. The predicted octanol–water partition coefficient (Wildman–Crippen LogP) is 4.33. The van der Waals surface area contributed by atoms with Gasteiger partial charge in [-0.05, 0) is 55.2 Å². The van der Waals surface area contributed by atoms with Crippen LogP contribution in [-0.2, 0) is 17.3 Å². The number of carbonyl (C=O) groups excluding carboxylic acids is 1. The molecule has 5 heteroatoms. The summed E-state index contributed by atoms with van der Waals surface area (Å²) < 4.78 is 1.85. The van der Waals surface area contributed by atoms with Crippen LogP contribution in [0.3, 0.4) is 0 Å². The van der Waals surface area contributed by atoms with E-state index in [1.807, 2.05) is 57.2 Å². The van der Waals surface area contributed by atoms with Crippen LogP contribution in [0.4, 0.5) is 0 Å². The van der Waals surface area contributed by atoms with E-state index in [0.717, 1.165) is 44.5 Å². The minimum absolute atomic E-state index is 0.228. The quantitative estimate of drug-likeness (QED) is 0.518. The minimum Gasteiger partial charge on any atom is -0.298 e. The Labute approximate surface area is 169 Å². The third-order valence-electron chi connectivity index (χ3n) is 6.13. The smallest absolute Gasteiger partial charge is 0.154 e. The molecule has 0 amide bonds. The number of aromatic nitrogens is 4. The summed E-state index contributed by atoms with van der Waals surface area (Å²) in [6.45, 7) is 5.91. The summed E-state index contributed by atoms with van der Waals surface area (Å²) in [4.78, 5) is 22.1. The SMILES string of the molecule is Cc1ncc(-c2ccc3c(c2)C(c2ccc4cnn(C)c4c2)C(=O)C3(C)C)cn1. The number of fused-ring (bicyclic) bond motifs is 2. The van der Waals surface area contributed by atoms with Gasteiger partial charge < -0.3 is 0 Å². The molecule has 0 aliphatic heterocycles. The van der Waals surface area contributed by atoms with Gasteiger partial charge in [0, 0.05) is 35.8 Å². The number of benzene rings is 2. The molecule has 144 valence electrons. The molecule has 0 fully saturated rings. The Morgan fingerprint density at radius 2 is 1.72 bits per heavy atom. The number of Topliss-reactive ketones (excluding diaryl/α,β-unsaturated/α-hetero) is 1. The Kier molecular flexibility index (Phi) is 3.72. The molecule has 2 aromatic carbocycles. The van der Waals surface area contributed by atoms with Crippen LogP contribution in [-0.4, -0.2) is 25.5 Å². The van der Waals surface area contributed by atoms with Crippen LogP contribution in [0, 0.1) is 6.92 Å². The third-order valence-corrected chi connectivity index (χ3v) is 6.13. The number of hydrogen-bond donors (Lipinski definition) is 0. The summed E-state index contributed by atoms with van der Waals surface area (Å²) in [5.41, 5.74) is 5.66. The summed E-state index contributed by atoms with van der Waals surface area (Å²) in [6, 6.07) is 12.5. The average Bonchev–Trinajstić information content (AvgIpc) is 3.17. The number of ketones is 1. The van der Waals surface area contributed by atoms with Crippen molar-refractivity contribution in [1.29, 1.82) is 0 Å². The Bertz CT molecular complexity index is 1270. The van der Waals surface area contributed by atoms with Crippen LogP contribution < -0.4 is 0 Å². The van der Waals surface area contributed by atoms with Crippen molar-refractivity contribution in [2.24, 2.45) is 7.05 Å². The van der Waals surface area contributed by atoms with E-state index in [1.54, 1.807) is 0 Å². The zero-order valence-electron chi connectivity index (χ0n) is 17.0. The Balaban J connectivity index is 1.69. The molecule has 0 saturated carbocycles. The maximum absolute atomic E-state index is 13.5. The molecule has 5 nitrogen and oxygen atoms in total. The van der Waals surface area contributed by atoms with E-state index in [1.165, 1.54) is 0 Å². The zero-order valence-corrected chi connectivity index (χ0v) is 17.0. The molecule has 1 unspecified atom stereocenters. The van der Waals surface area contributed by atoms with E-state index in [9.17, 15) is 4.79 Å². The molecule has 2 heterocycles. The van der Waals surface area contributed by atoms with Crippen LogP contribution in [0.15, 0.2) is 55.0 Å². The van der Waals surface area contributed by atoms with Gasteiger partial charge in [0.2, 0.25) is 0 Å². The monoisotopic (exact) mass is 382 g/mol. The topological polar surface area (TPSA) is 60.7 Å².